The molecule has 152 valence electrons. The quantitative estimate of drug-likeness (QED) is 0.431. The number of para-hydroxylation sites is 3. The van der Waals surface area contributed by atoms with Gasteiger partial charge in [0.1, 0.15) is 12.3 Å². The molecule has 6 heteroatoms. The molecule has 1 amide bonds. The molecule has 0 aliphatic carbocycles. The Morgan fingerprint density at radius 2 is 1.83 bits per heavy atom. The topological polar surface area (TPSA) is 56.2 Å². The number of nitrogens with zero attached hydrogens (tertiary/aromatic N) is 2. The number of hydrogen-bond donors (Lipinski definition) is 1. The second kappa shape index (κ2) is 8.59. The van der Waals surface area contributed by atoms with Gasteiger partial charge in [-0.05, 0) is 55.8 Å². The molecule has 4 aromatic rings. The molecule has 1 heterocycles. The third kappa shape index (κ3) is 4.31. The van der Waals surface area contributed by atoms with Crippen molar-refractivity contribution in [1.29, 1.82) is 0 Å². The summed E-state index contributed by atoms with van der Waals surface area (Å²) >= 11 is 6.27. The summed E-state index contributed by atoms with van der Waals surface area (Å²) in [5, 5.41) is 3.41. The van der Waals surface area contributed by atoms with Crippen LogP contribution in [0.5, 0.6) is 5.75 Å². The number of fused-ring (bicyclic) bond motifs is 1. The van der Waals surface area contributed by atoms with E-state index in [-0.39, 0.29) is 18.6 Å². The molecule has 0 radical (unpaired) electrons. The van der Waals surface area contributed by atoms with Crippen LogP contribution in [0.25, 0.3) is 11.0 Å². The largest absolute Gasteiger partial charge is 0.483 e. The number of carbonyl (C=O) groups excluding carboxylic acids is 1. The molecular formula is C24H22ClN3O2. The zero-order valence-electron chi connectivity index (χ0n) is 16.8. The van der Waals surface area contributed by atoms with Crippen molar-refractivity contribution in [3.05, 3.63) is 89.2 Å². The van der Waals surface area contributed by atoms with Crippen molar-refractivity contribution >= 4 is 34.2 Å². The average molecular weight is 420 g/mol. The highest BCUT2D eigenvalue weighted by Gasteiger charge is 2.20. The van der Waals surface area contributed by atoms with Crippen LogP contribution >= 0.6 is 11.6 Å². The van der Waals surface area contributed by atoms with Crippen molar-refractivity contribution in [3.63, 3.8) is 0 Å². The summed E-state index contributed by atoms with van der Waals surface area (Å²) in [5.41, 5.74) is 3.32. The van der Waals surface area contributed by atoms with Crippen LogP contribution < -0.4 is 10.1 Å². The van der Waals surface area contributed by atoms with Gasteiger partial charge in [0.2, 0.25) is 5.91 Å². The lowest BCUT2D eigenvalue weighted by atomic mass is 10.2. The summed E-state index contributed by atoms with van der Waals surface area (Å²) in [4.78, 5) is 17.6. The third-order valence-corrected chi connectivity index (χ3v) is 5.12. The second-order valence-corrected chi connectivity index (χ2v) is 7.56. The van der Waals surface area contributed by atoms with E-state index in [2.05, 4.69) is 5.32 Å². The molecule has 0 aliphatic rings. The first-order chi connectivity index (χ1) is 14.5. The summed E-state index contributed by atoms with van der Waals surface area (Å²) < 4.78 is 7.96. The van der Waals surface area contributed by atoms with Gasteiger partial charge < -0.3 is 14.6 Å². The maximum Gasteiger partial charge on any atom is 0.244 e. The molecule has 0 unspecified atom stereocenters. The molecule has 1 aromatic heterocycles. The molecule has 0 saturated heterocycles. The first-order valence-electron chi connectivity index (χ1n) is 9.74. The van der Waals surface area contributed by atoms with Gasteiger partial charge in [-0.15, -0.1) is 0 Å². The van der Waals surface area contributed by atoms with Crippen molar-refractivity contribution in [3.8, 4) is 5.75 Å². The fraction of sp³-hybridized carbons (Fsp3) is 0.167. The van der Waals surface area contributed by atoms with Gasteiger partial charge in [-0.2, -0.15) is 0 Å². The van der Waals surface area contributed by atoms with Crippen LogP contribution in [0.3, 0.4) is 0 Å². The SMILES string of the molecule is Cc1ccc(NC(=O)Cn2c([C@H](C)Oc3ccccc3)nc3ccccc32)c(Cl)c1. The number of rotatable bonds is 6. The standard InChI is InChI=1S/C24H22ClN3O2/c1-16-12-13-20(19(25)14-16)26-23(29)15-28-22-11-7-6-10-21(22)27-24(28)17(2)30-18-8-4-3-5-9-18/h3-14,17H,15H2,1-2H3,(H,26,29)/t17-/m0/s1. The van der Waals surface area contributed by atoms with E-state index in [0.29, 0.717) is 16.5 Å². The summed E-state index contributed by atoms with van der Waals surface area (Å²) in [6.45, 7) is 3.98. The van der Waals surface area contributed by atoms with Gasteiger partial charge in [0, 0.05) is 0 Å². The van der Waals surface area contributed by atoms with Crippen molar-refractivity contribution in [2.24, 2.45) is 0 Å². The van der Waals surface area contributed by atoms with Crippen LogP contribution in [0.15, 0.2) is 72.8 Å². The van der Waals surface area contributed by atoms with E-state index < -0.39 is 0 Å². The molecule has 5 nitrogen and oxygen atoms in total. The molecule has 0 aliphatic heterocycles. The van der Waals surface area contributed by atoms with E-state index in [1.165, 1.54) is 0 Å². The average Bonchev–Trinajstić information content (AvgIpc) is 3.09. The number of aryl methyl sites for hydroxylation is 1. The smallest absolute Gasteiger partial charge is 0.244 e. The molecule has 4 rings (SSSR count). The molecular weight excluding hydrogens is 398 g/mol. The first-order valence-corrected chi connectivity index (χ1v) is 10.1. The van der Waals surface area contributed by atoms with Gasteiger partial charge in [0.05, 0.1) is 21.7 Å². The fourth-order valence-electron chi connectivity index (χ4n) is 3.38. The summed E-state index contributed by atoms with van der Waals surface area (Å²) in [6.07, 6.45) is -0.337. The van der Waals surface area contributed by atoms with Crippen LogP contribution in [0.4, 0.5) is 5.69 Å². The van der Waals surface area contributed by atoms with E-state index in [9.17, 15) is 4.79 Å². The molecule has 0 saturated carbocycles. The van der Waals surface area contributed by atoms with E-state index in [1.807, 2.05) is 91.2 Å². The van der Waals surface area contributed by atoms with Crippen molar-refractivity contribution < 1.29 is 9.53 Å². The van der Waals surface area contributed by atoms with Gasteiger partial charge in [-0.1, -0.05) is 48.0 Å². The highest BCUT2D eigenvalue weighted by atomic mass is 35.5. The first kappa shape index (κ1) is 20.0. The van der Waals surface area contributed by atoms with Crippen LogP contribution in [0.1, 0.15) is 24.4 Å². The number of benzene rings is 3. The van der Waals surface area contributed by atoms with E-state index in [0.717, 1.165) is 22.3 Å². The van der Waals surface area contributed by atoms with Gasteiger partial charge in [-0.25, -0.2) is 4.98 Å². The van der Waals surface area contributed by atoms with Gasteiger partial charge >= 0.3 is 0 Å². The number of nitrogens with one attached hydrogen (secondary N) is 1. The Bertz CT molecular complexity index is 1190. The fourth-order valence-corrected chi connectivity index (χ4v) is 3.66. The number of halogens is 1. The number of amides is 1. The zero-order valence-corrected chi connectivity index (χ0v) is 17.6. The van der Waals surface area contributed by atoms with Crippen LogP contribution in [0.2, 0.25) is 5.02 Å². The van der Waals surface area contributed by atoms with E-state index >= 15 is 0 Å². The van der Waals surface area contributed by atoms with Gasteiger partial charge in [0.25, 0.3) is 0 Å². The minimum atomic E-state index is -0.337. The Morgan fingerprint density at radius 1 is 1.10 bits per heavy atom. The van der Waals surface area contributed by atoms with E-state index in [1.54, 1.807) is 0 Å². The molecule has 0 fully saturated rings. The highest BCUT2D eigenvalue weighted by molar-refractivity contribution is 6.33. The number of imidazole rings is 1. The van der Waals surface area contributed by atoms with Gasteiger partial charge in [-0.3, -0.25) is 4.79 Å². The van der Waals surface area contributed by atoms with Gasteiger partial charge in [0.15, 0.2) is 11.9 Å². The van der Waals surface area contributed by atoms with Crippen LogP contribution in [0, 0.1) is 6.92 Å². The van der Waals surface area contributed by atoms with Crippen LogP contribution in [-0.2, 0) is 11.3 Å². The summed E-state index contributed by atoms with van der Waals surface area (Å²) in [7, 11) is 0. The Kier molecular flexibility index (Phi) is 5.72. The molecule has 0 spiro atoms. The molecule has 0 bridgehead atoms. The number of carbonyl (C=O) groups is 1. The maximum absolute atomic E-state index is 12.8. The Morgan fingerprint density at radius 3 is 2.60 bits per heavy atom. The monoisotopic (exact) mass is 419 g/mol. The lowest BCUT2D eigenvalue weighted by molar-refractivity contribution is -0.116. The second-order valence-electron chi connectivity index (χ2n) is 7.15. The Hall–Kier alpha value is -3.31. The van der Waals surface area contributed by atoms with Crippen molar-refractivity contribution in [2.75, 3.05) is 5.32 Å². The lowest BCUT2D eigenvalue weighted by Crippen LogP contribution is -2.22. The molecule has 1 N–H and O–H groups in total. The minimum Gasteiger partial charge on any atom is -0.483 e. The number of anilines is 1. The molecule has 1 atom stereocenters. The number of ether oxygens (including phenoxy) is 1. The third-order valence-electron chi connectivity index (χ3n) is 4.80. The molecule has 30 heavy (non-hydrogen) atoms. The Labute approximate surface area is 180 Å². The van der Waals surface area contributed by atoms with Crippen molar-refractivity contribution in [2.45, 2.75) is 26.5 Å². The predicted octanol–water partition coefficient (Wildman–Crippen LogP) is 5.78. The predicted molar refractivity (Wildman–Crippen MR) is 120 cm³/mol. The number of aromatic nitrogens is 2. The van der Waals surface area contributed by atoms with Crippen molar-refractivity contribution in [1.82, 2.24) is 9.55 Å². The summed E-state index contributed by atoms with van der Waals surface area (Å²) in [5.74, 6) is 1.25. The van der Waals surface area contributed by atoms with Crippen LogP contribution in [-0.4, -0.2) is 15.5 Å². The minimum absolute atomic E-state index is 0.0997. The van der Waals surface area contributed by atoms with E-state index in [4.69, 9.17) is 21.3 Å². The highest BCUT2D eigenvalue weighted by Crippen LogP contribution is 2.26. The summed E-state index contributed by atoms with van der Waals surface area (Å²) in [6, 6.07) is 22.9. The molecule has 3 aromatic carbocycles. The zero-order chi connectivity index (χ0) is 21.1. The Balaban J connectivity index is 1.62. The maximum atomic E-state index is 12.8. The normalized spacial score (nSPS) is 12.0. The lowest BCUT2D eigenvalue weighted by Gasteiger charge is -2.17. The number of hydrogen-bond acceptors (Lipinski definition) is 3.